The molecule has 6 heteroatoms. The third kappa shape index (κ3) is 16.9. The van der Waals surface area contributed by atoms with E-state index >= 15 is 0 Å². The Morgan fingerprint density at radius 2 is 1.26 bits per heavy atom. The molecule has 0 aromatic rings. The first-order valence-electron chi connectivity index (χ1n) is 15.3. The van der Waals surface area contributed by atoms with Crippen LogP contribution in [0.15, 0.2) is 0 Å². The average molecular weight is 537 g/mol. The highest BCUT2D eigenvalue weighted by molar-refractivity contribution is 7.56. The molecule has 0 amide bonds. The van der Waals surface area contributed by atoms with Gasteiger partial charge in [0.25, 0.3) is 0 Å². The lowest BCUT2D eigenvalue weighted by molar-refractivity contribution is -0.0397. The summed E-state index contributed by atoms with van der Waals surface area (Å²) in [6.07, 6.45) is 22.6. The zero-order chi connectivity index (χ0) is 26.3. The molecule has 0 aliphatic heterocycles. The van der Waals surface area contributed by atoms with E-state index in [0.717, 1.165) is 63.9 Å². The summed E-state index contributed by atoms with van der Waals surface area (Å²) in [4.78, 5) is 0. The Morgan fingerprint density at radius 3 is 1.86 bits per heavy atom. The third-order valence-electron chi connectivity index (χ3n) is 7.18. The van der Waals surface area contributed by atoms with E-state index < -0.39 is 13.4 Å². The van der Waals surface area contributed by atoms with Crippen molar-refractivity contribution >= 4 is 16.6 Å². The third-order valence-corrected chi connectivity index (χ3v) is 10.4. The molecular weight excluding hydrogens is 474 g/mol. The molecule has 0 N–H and O–H groups in total. The van der Waals surface area contributed by atoms with Gasteiger partial charge in [-0.15, -0.1) is 0 Å². The van der Waals surface area contributed by atoms with Crippen LogP contribution in [-0.2, 0) is 17.9 Å². The highest BCUT2D eigenvalue weighted by Gasteiger charge is 2.44. The molecule has 0 heterocycles. The molecule has 4 atom stereocenters. The van der Waals surface area contributed by atoms with Crippen LogP contribution in [0.5, 0.6) is 0 Å². The maximum absolute atomic E-state index is 14.1. The lowest BCUT2D eigenvalue weighted by Gasteiger charge is -2.42. The van der Waals surface area contributed by atoms with Gasteiger partial charge >= 0.3 is 7.82 Å². The predicted octanol–water partition coefficient (Wildman–Crippen LogP) is 11.6. The molecule has 0 bridgehead atoms. The maximum Gasteiger partial charge on any atom is 0.478 e. The van der Waals surface area contributed by atoms with Gasteiger partial charge in [0.15, 0.2) is 0 Å². The first-order valence-corrected chi connectivity index (χ1v) is 17.9. The second-order valence-electron chi connectivity index (χ2n) is 10.3. The Bertz CT molecular complexity index is 503. The van der Waals surface area contributed by atoms with E-state index in [4.69, 9.17) is 13.4 Å². The number of phosphoric acid groups is 1. The van der Waals surface area contributed by atoms with Gasteiger partial charge in [0, 0.05) is 8.81 Å². The van der Waals surface area contributed by atoms with Crippen molar-refractivity contribution in [3.8, 4) is 0 Å². The van der Waals surface area contributed by atoms with Crippen molar-refractivity contribution in [2.45, 2.75) is 169 Å². The largest absolute Gasteiger partial charge is 0.478 e. The lowest BCUT2D eigenvalue weighted by Crippen LogP contribution is -2.40. The van der Waals surface area contributed by atoms with Gasteiger partial charge < -0.3 is 0 Å². The monoisotopic (exact) mass is 536 g/mol. The quantitative estimate of drug-likeness (QED) is 0.0773. The average Bonchev–Trinajstić information content (AvgIpc) is 2.86. The van der Waals surface area contributed by atoms with Crippen molar-refractivity contribution in [1.29, 1.82) is 0 Å². The van der Waals surface area contributed by atoms with Gasteiger partial charge in [-0.2, -0.15) is 0 Å². The zero-order valence-electron chi connectivity index (χ0n) is 24.5. The van der Waals surface area contributed by atoms with E-state index in [2.05, 4.69) is 41.5 Å². The topological polar surface area (TPSA) is 44.8 Å². The Balaban J connectivity index is 5.57. The Hall–Kier alpha value is 0.540. The summed E-state index contributed by atoms with van der Waals surface area (Å²) in [6, 6.07) is 0. The summed E-state index contributed by atoms with van der Waals surface area (Å²) in [5.74, 6) is 0.403. The molecule has 0 aromatic heterocycles. The fraction of sp³-hybridized carbons (Fsp3) is 1.00. The van der Waals surface area contributed by atoms with Gasteiger partial charge in [0.2, 0.25) is 0 Å². The highest BCUT2D eigenvalue weighted by atomic mass is 31.2. The molecule has 35 heavy (non-hydrogen) atoms. The smallest absolute Gasteiger partial charge is 0.287 e. The highest BCUT2D eigenvalue weighted by Crippen LogP contribution is 2.60. The number of phosphoric ester groups is 1. The number of rotatable bonds is 27. The molecule has 4 nitrogen and oxygen atoms in total. The van der Waals surface area contributed by atoms with Crippen LogP contribution in [0.25, 0.3) is 0 Å². The van der Waals surface area contributed by atoms with E-state index in [0.29, 0.717) is 12.5 Å². The van der Waals surface area contributed by atoms with E-state index in [1.165, 1.54) is 64.2 Å². The Labute approximate surface area is 222 Å². The van der Waals surface area contributed by atoms with Gasteiger partial charge in [-0.25, -0.2) is 4.57 Å². The fourth-order valence-electron chi connectivity index (χ4n) is 4.85. The van der Waals surface area contributed by atoms with Crippen molar-refractivity contribution in [3.05, 3.63) is 0 Å². The molecule has 0 saturated heterocycles. The van der Waals surface area contributed by atoms with Crippen molar-refractivity contribution in [2.24, 2.45) is 5.92 Å². The standard InChI is InChI=1S/C29H62O4P2/c1-7-13-17-19-20-22-26-31-35(30,33-34-27-11-5)32-29(12-6,25-16-10-4)28(23-15-9-3)24-21-18-14-8-2/h28,34H,7-27H2,1-6H3. The first kappa shape index (κ1) is 35.5. The molecule has 0 saturated carbocycles. The normalized spacial score (nSPS) is 16.5. The summed E-state index contributed by atoms with van der Waals surface area (Å²) < 4.78 is 32.8. The van der Waals surface area contributed by atoms with Crippen LogP contribution in [0.4, 0.5) is 0 Å². The molecule has 0 spiro atoms. The second kappa shape index (κ2) is 23.6. The van der Waals surface area contributed by atoms with E-state index in [9.17, 15) is 4.57 Å². The Morgan fingerprint density at radius 1 is 0.686 bits per heavy atom. The van der Waals surface area contributed by atoms with Crippen LogP contribution in [0.1, 0.15) is 164 Å². The van der Waals surface area contributed by atoms with Gasteiger partial charge in [-0.05, 0) is 44.2 Å². The summed E-state index contributed by atoms with van der Waals surface area (Å²) in [7, 11) is -3.44. The predicted molar refractivity (Wildman–Crippen MR) is 157 cm³/mol. The van der Waals surface area contributed by atoms with Crippen LogP contribution >= 0.6 is 16.6 Å². The van der Waals surface area contributed by atoms with Gasteiger partial charge in [0.05, 0.1) is 12.2 Å². The van der Waals surface area contributed by atoms with Crippen LogP contribution in [-0.4, -0.2) is 18.4 Å². The van der Waals surface area contributed by atoms with E-state index in [1.807, 2.05) is 0 Å². The maximum atomic E-state index is 14.1. The molecule has 0 aromatic carbocycles. The van der Waals surface area contributed by atoms with Crippen LogP contribution < -0.4 is 0 Å². The molecule has 4 unspecified atom stereocenters. The summed E-state index contributed by atoms with van der Waals surface area (Å²) in [5, 5.41) is 0. The Kier molecular flexibility index (Phi) is 24.0. The molecular formula is C29H62O4P2. The van der Waals surface area contributed by atoms with Gasteiger partial charge in [0.1, 0.15) is 0 Å². The van der Waals surface area contributed by atoms with Crippen molar-refractivity contribution in [1.82, 2.24) is 0 Å². The second-order valence-corrected chi connectivity index (χ2v) is 13.2. The number of unbranched alkanes of at least 4 members (excludes halogenated alkanes) is 10. The minimum absolute atomic E-state index is 0.168. The number of hydrogen-bond acceptors (Lipinski definition) is 4. The fourth-order valence-corrected chi connectivity index (χ4v) is 7.63. The van der Waals surface area contributed by atoms with E-state index in [-0.39, 0.29) is 8.81 Å². The minimum atomic E-state index is -3.61. The van der Waals surface area contributed by atoms with Crippen LogP contribution in [0.3, 0.4) is 0 Å². The SMILES string of the molecule is CCCCCCCCOP(=O)(OPCCC)OC(CC)(CCCC)C(CCCC)CCCCCC. The molecule has 0 fully saturated rings. The minimum Gasteiger partial charge on any atom is -0.287 e. The first-order chi connectivity index (χ1) is 17.0. The van der Waals surface area contributed by atoms with Crippen molar-refractivity contribution in [3.63, 3.8) is 0 Å². The number of hydrogen-bond donors (Lipinski definition) is 0. The summed E-state index contributed by atoms with van der Waals surface area (Å²) >= 11 is 0. The van der Waals surface area contributed by atoms with Crippen LogP contribution in [0.2, 0.25) is 0 Å². The molecule has 212 valence electrons. The molecule has 0 radical (unpaired) electrons. The molecule has 0 aliphatic carbocycles. The summed E-state index contributed by atoms with van der Waals surface area (Å²) in [6.45, 7) is 13.8. The van der Waals surface area contributed by atoms with Gasteiger partial charge in [-0.1, -0.05) is 131 Å². The summed E-state index contributed by atoms with van der Waals surface area (Å²) in [5.41, 5.74) is -0.426. The van der Waals surface area contributed by atoms with Crippen LogP contribution in [0, 0.1) is 5.92 Å². The van der Waals surface area contributed by atoms with Gasteiger partial charge in [-0.3, -0.25) is 13.4 Å². The molecule has 0 aliphatic rings. The zero-order valence-corrected chi connectivity index (χ0v) is 26.4. The lowest BCUT2D eigenvalue weighted by atomic mass is 9.75. The van der Waals surface area contributed by atoms with E-state index in [1.54, 1.807) is 0 Å². The van der Waals surface area contributed by atoms with Crippen molar-refractivity contribution in [2.75, 3.05) is 12.8 Å². The van der Waals surface area contributed by atoms with Crippen molar-refractivity contribution < 1.29 is 17.9 Å². The molecule has 0 rings (SSSR count).